The molecule has 6 heteroatoms. The highest BCUT2D eigenvalue weighted by Crippen LogP contribution is 2.23. The van der Waals surface area contributed by atoms with Gasteiger partial charge in [0.2, 0.25) is 5.82 Å². The molecule has 0 atom stereocenters. The van der Waals surface area contributed by atoms with Gasteiger partial charge in [-0.2, -0.15) is 0 Å². The van der Waals surface area contributed by atoms with E-state index in [0.29, 0.717) is 12.4 Å². The van der Waals surface area contributed by atoms with E-state index >= 15 is 0 Å². The van der Waals surface area contributed by atoms with Crippen LogP contribution in [0.5, 0.6) is 0 Å². The summed E-state index contributed by atoms with van der Waals surface area (Å²) in [5, 5.41) is 17.4. The summed E-state index contributed by atoms with van der Waals surface area (Å²) in [6.45, 7) is 4.13. The van der Waals surface area contributed by atoms with E-state index in [9.17, 15) is 10.1 Å². The molecule has 1 aliphatic rings. The maximum absolute atomic E-state index is 11.0. The molecule has 3 rings (SSSR count). The van der Waals surface area contributed by atoms with Gasteiger partial charge >= 0.3 is 5.69 Å². The van der Waals surface area contributed by atoms with Crippen molar-refractivity contribution in [2.45, 2.75) is 26.6 Å². The summed E-state index contributed by atoms with van der Waals surface area (Å²) < 4.78 is 0. The number of hydrogen-bond donors (Lipinski definition) is 2. The molecule has 108 valence electrons. The van der Waals surface area contributed by atoms with Gasteiger partial charge in [-0.1, -0.05) is 18.2 Å². The van der Waals surface area contributed by atoms with E-state index in [-0.39, 0.29) is 5.69 Å². The molecule has 2 aromatic rings. The molecule has 0 spiro atoms. The second-order valence-corrected chi connectivity index (χ2v) is 5.14. The lowest BCUT2D eigenvalue weighted by Gasteiger charge is -2.08. The van der Waals surface area contributed by atoms with Gasteiger partial charge in [0, 0.05) is 31.4 Å². The lowest BCUT2D eigenvalue weighted by atomic mass is 10.1. The van der Waals surface area contributed by atoms with Crippen molar-refractivity contribution in [3.63, 3.8) is 0 Å². The average molecular weight is 284 g/mol. The van der Waals surface area contributed by atoms with Crippen molar-refractivity contribution in [1.82, 2.24) is 10.3 Å². The molecule has 6 nitrogen and oxygen atoms in total. The van der Waals surface area contributed by atoms with Crippen LogP contribution in [-0.4, -0.2) is 9.91 Å². The van der Waals surface area contributed by atoms with Crippen molar-refractivity contribution in [3.05, 3.63) is 62.8 Å². The zero-order valence-electron chi connectivity index (χ0n) is 11.7. The van der Waals surface area contributed by atoms with E-state index in [0.717, 1.165) is 24.3 Å². The summed E-state index contributed by atoms with van der Waals surface area (Å²) in [5.41, 5.74) is 4.46. The van der Waals surface area contributed by atoms with E-state index < -0.39 is 4.92 Å². The molecule has 0 saturated heterocycles. The van der Waals surface area contributed by atoms with Gasteiger partial charge in [0.1, 0.15) is 0 Å². The van der Waals surface area contributed by atoms with E-state index in [2.05, 4.69) is 27.8 Å². The quantitative estimate of drug-likeness (QED) is 0.666. The smallest absolute Gasteiger partial charge is 0.311 e. The number of benzene rings is 1. The van der Waals surface area contributed by atoms with Gasteiger partial charge in [-0.3, -0.25) is 10.1 Å². The first-order valence-corrected chi connectivity index (χ1v) is 6.81. The Hall–Kier alpha value is -2.47. The van der Waals surface area contributed by atoms with Gasteiger partial charge in [-0.15, -0.1) is 0 Å². The fourth-order valence-electron chi connectivity index (χ4n) is 2.47. The Balaban J connectivity index is 1.78. The highest BCUT2D eigenvalue weighted by Gasteiger charge is 2.15. The van der Waals surface area contributed by atoms with Crippen LogP contribution in [0.4, 0.5) is 11.5 Å². The standard InChI is InChI=1S/C15H16N4O2/c1-10-2-5-14(19(20)21)15(18-10)17-7-11-3-4-12-8-16-9-13(12)6-11/h2-6,16H,7-9H2,1H3,(H,17,18). The minimum Gasteiger partial charge on any atom is -0.360 e. The molecule has 21 heavy (non-hydrogen) atoms. The fraction of sp³-hybridized carbons (Fsp3) is 0.267. The van der Waals surface area contributed by atoms with Crippen molar-refractivity contribution < 1.29 is 4.92 Å². The Morgan fingerprint density at radius 2 is 2.10 bits per heavy atom. The topological polar surface area (TPSA) is 80.1 Å². The van der Waals surface area contributed by atoms with Crippen LogP contribution in [0.3, 0.4) is 0 Å². The molecule has 0 bridgehead atoms. The van der Waals surface area contributed by atoms with Crippen LogP contribution in [0.1, 0.15) is 22.4 Å². The lowest BCUT2D eigenvalue weighted by Crippen LogP contribution is -2.06. The first-order valence-electron chi connectivity index (χ1n) is 6.81. The second-order valence-electron chi connectivity index (χ2n) is 5.14. The number of rotatable bonds is 4. The number of nitrogens with one attached hydrogen (secondary N) is 2. The summed E-state index contributed by atoms with van der Waals surface area (Å²) in [4.78, 5) is 14.8. The Morgan fingerprint density at radius 3 is 2.90 bits per heavy atom. The Morgan fingerprint density at radius 1 is 1.29 bits per heavy atom. The highest BCUT2D eigenvalue weighted by atomic mass is 16.6. The SMILES string of the molecule is Cc1ccc([N+](=O)[O-])c(NCc2ccc3c(c2)CNC3)n1. The van der Waals surface area contributed by atoms with Crippen LogP contribution >= 0.6 is 0 Å². The van der Waals surface area contributed by atoms with Crippen molar-refractivity contribution >= 4 is 11.5 Å². The maximum Gasteiger partial charge on any atom is 0.311 e. The molecule has 1 aromatic heterocycles. The van der Waals surface area contributed by atoms with E-state index in [1.807, 2.05) is 13.0 Å². The van der Waals surface area contributed by atoms with Gasteiger partial charge in [-0.25, -0.2) is 4.98 Å². The van der Waals surface area contributed by atoms with Gasteiger partial charge in [0.25, 0.3) is 0 Å². The van der Waals surface area contributed by atoms with Gasteiger partial charge in [-0.05, 0) is 29.7 Å². The number of fused-ring (bicyclic) bond motifs is 1. The third kappa shape index (κ3) is 2.85. The van der Waals surface area contributed by atoms with Gasteiger partial charge in [0.05, 0.1) is 4.92 Å². The molecule has 0 radical (unpaired) electrons. The van der Waals surface area contributed by atoms with Gasteiger partial charge < -0.3 is 10.6 Å². The van der Waals surface area contributed by atoms with Crippen molar-refractivity contribution in [1.29, 1.82) is 0 Å². The predicted octanol–water partition coefficient (Wildman–Crippen LogP) is 2.51. The summed E-state index contributed by atoms with van der Waals surface area (Å²) >= 11 is 0. The third-order valence-corrected chi connectivity index (χ3v) is 3.57. The van der Waals surface area contributed by atoms with Crippen LogP contribution in [0, 0.1) is 17.0 Å². The van der Waals surface area contributed by atoms with Crippen LogP contribution in [0.25, 0.3) is 0 Å². The van der Waals surface area contributed by atoms with Gasteiger partial charge in [0.15, 0.2) is 0 Å². The molecule has 0 unspecified atom stereocenters. The predicted molar refractivity (Wildman–Crippen MR) is 79.9 cm³/mol. The number of nitro groups is 1. The zero-order chi connectivity index (χ0) is 14.8. The van der Waals surface area contributed by atoms with E-state index in [4.69, 9.17) is 0 Å². The highest BCUT2D eigenvalue weighted by molar-refractivity contribution is 5.56. The number of pyridine rings is 1. The third-order valence-electron chi connectivity index (χ3n) is 3.57. The number of aromatic nitrogens is 1. The second kappa shape index (κ2) is 5.49. The first-order chi connectivity index (χ1) is 10.1. The fourth-order valence-corrected chi connectivity index (χ4v) is 2.47. The van der Waals surface area contributed by atoms with E-state index in [1.165, 1.54) is 17.2 Å². The molecular formula is C15H16N4O2. The Labute approximate surface area is 122 Å². The summed E-state index contributed by atoms with van der Waals surface area (Å²) in [6, 6.07) is 9.40. The van der Waals surface area contributed by atoms with E-state index in [1.54, 1.807) is 6.07 Å². The number of nitrogens with zero attached hydrogens (tertiary/aromatic N) is 2. The van der Waals surface area contributed by atoms with Crippen LogP contribution in [0.2, 0.25) is 0 Å². The van der Waals surface area contributed by atoms with Crippen LogP contribution < -0.4 is 10.6 Å². The largest absolute Gasteiger partial charge is 0.360 e. The average Bonchev–Trinajstić information content (AvgIpc) is 2.92. The van der Waals surface area contributed by atoms with Crippen molar-refractivity contribution in [3.8, 4) is 0 Å². The summed E-state index contributed by atoms with van der Waals surface area (Å²) in [7, 11) is 0. The molecule has 0 aliphatic carbocycles. The lowest BCUT2D eigenvalue weighted by molar-refractivity contribution is -0.384. The molecule has 0 fully saturated rings. The maximum atomic E-state index is 11.0. The summed E-state index contributed by atoms with van der Waals surface area (Å²) in [5.74, 6) is 0.318. The molecule has 2 N–H and O–H groups in total. The molecule has 2 heterocycles. The molecule has 1 aromatic carbocycles. The van der Waals surface area contributed by atoms with Crippen LogP contribution in [-0.2, 0) is 19.6 Å². The number of hydrogen-bond acceptors (Lipinski definition) is 5. The minimum absolute atomic E-state index is 0.00317. The molecule has 0 amide bonds. The molecule has 0 saturated carbocycles. The molecule has 1 aliphatic heterocycles. The van der Waals surface area contributed by atoms with Crippen molar-refractivity contribution in [2.24, 2.45) is 0 Å². The van der Waals surface area contributed by atoms with Crippen molar-refractivity contribution in [2.75, 3.05) is 5.32 Å². The summed E-state index contributed by atoms with van der Waals surface area (Å²) in [6.07, 6.45) is 0. The normalized spacial score (nSPS) is 13.0. The number of aryl methyl sites for hydroxylation is 1. The number of anilines is 1. The zero-order valence-corrected chi connectivity index (χ0v) is 11.7. The Bertz CT molecular complexity index is 700. The van der Waals surface area contributed by atoms with Crippen LogP contribution in [0.15, 0.2) is 30.3 Å². The minimum atomic E-state index is -0.415. The monoisotopic (exact) mass is 284 g/mol. The Kier molecular flexibility index (Phi) is 3.53. The molecular weight excluding hydrogens is 268 g/mol. The first kappa shape index (κ1) is 13.5.